The smallest absolute Gasteiger partial charge is 0.325 e. The van der Waals surface area contributed by atoms with E-state index in [0.717, 1.165) is 12.0 Å². The maximum Gasteiger partial charge on any atom is 0.325 e. The number of amides is 1. The van der Waals surface area contributed by atoms with E-state index in [1.807, 2.05) is 20.8 Å². The summed E-state index contributed by atoms with van der Waals surface area (Å²) in [6.45, 7) is 6.24. The molecule has 0 aliphatic carbocycles. The number of esters is 1. The third-order valence-electron chi connectivity index (χ3n) is 1.76. The monoisotopic (exact) mass is 213 g/mol. The Kier molecular flexibility index (Phi) is 6.42. The van der Waals surface area contributed by atoms with Crippen LogP contribution in [-0.4, -0.2) is 37.0 Å². The number of hydrogen-bond acceptors (Lipinski definition) is 3. The van der Waals surface area contributed by atoms with Crippen molar-refractivity contribution in [3.63, 3.8) is 0 Å². The molecular weight excluding hydrogens is 194 g/mol. The fourth-order valence-corrected chi connectivity index (χ4v) is 1.10. The van der Waals surface area contributed by atoms with Crippen molar-refractivity contribution in [3.05, 3.63) is 11.6 Å². The largest absolute Gasteiger partial charge is 0.468 e. The molecule has 0 spiro atoms. The van der Waals surface area contributed by atoms with Crippen LogP contribution in [-0.2, 0) is 14.3 Å². The van der Waals surface area contributed by atoms with E-state index in [9.17, 15) is 9.59 Å². The molecule has 0 unspecified atom stereocenters. The third-order valence-corrected chi connectivity index (χ3v) is 1.76. The number of hydrogen-bond donors (Lipinski definition) is 0. The van der Waals surface area contributed by atoms with Gasteiger partial charge in [-0.3, -0.25) is 9.59 Å². The fraction of sp³-hybridized carbons (Fsp3) is 0.636. The molecular formula is C11H19NO3. The summed E-state index contributed by atoms with van der Waals surface area (Å²) >= 11 is 0. The molecule has 0 radical (unpaired) electrons. The van der Waals surface area contributed by atoms with Gasteiger partial charge in [0.15, 0.2) is 0 Å². The van der Waals surface area contributed by atoms with Gasteiger partial charge in [0.2, 0.25) is 5.91 Å². The average Bonchev–Trinajstić information content (AvgIpc) is 2.15. The molecule has 4 nitrogen and oxygen atoms in total. The Labute approximate surface area is 90.9 Å². The summed E-state index contributed by atoms with van der Waals surface area (Å²) in [6.07, 6.45) is 2.35. The van der Waals surface area contributed by atoms with E-state index in [-0.39, 0.29) is 18.4 Å². The molecule has 0 atom stereocenters. The summed E-state index contributed by atoms with van der Waals surface area (Å²) in [5.41, 5.74) is 0.922. The minimum absolute atomic E-state index is 0.0208. The van der Waals surface area contributed by atoms with Gasteiger partial charge in [0, 0.05) is 12.6 Å². The lowest BCUT2D eigenvalue weighted by atomic mass is 10.3. The van der Waals surface area contributed by atoms with Gasteiger partial charge in [-0.15, -0.1) is 0 Å². The highest BCUT2D eigenvalue weighted by atomic mass is 16.5. The molecule has 15 heavy (non-hydrogen) atoms. The molecule has 0 rings (SSSR count). The molecule has 0 saturated heterocycles. The average molecular weight is 213 g/mol. The number of carbonyl (C=O) groups excluding carboxylic acids is 2. The van der Waals surface area contributed by atoms with Gasteiger partial charge in [-0.2, -0.15) is 0 Å². The highest BCUT2D eigenvalue weighted by Crippen LogP contribution is 1.98. The van der Waals surface area contributed by atoms with Crippen LogP contribution in [0.15, 0.2) is 11.6 Å². The van der Waals surface area contributed by atoms with Crippen LogP contribution in [0.4, 0.5) is 0 Å². The number of rotatable bonds is 5. The standard InChI is InChI=1S/C11H19NO3/c1-5-6-12(8-11(14)15-4)10(13)7-9(2)3/h7H,5-6,8H2,1-4H3. The van der Waals surface area contributed by atoms with Gasteiger partial charge in [-0.25, -0.2) is 0 Å². The molecule has 0 heterocycles. The second-order valence-corrected chi connectivity index (χ2v) is 3.56. The maximum absolute atomic E-state index is 11.6. The molecule has 0 aliphatic rings. The van der Waals surface area contributed by atoms with E-state index >= 15 is 0 Å². The summed E-state index contributed by atoms with van der Waals surface area (Å²) in [4.78, 5) is 24.2. The molecule has 0 aromatic rings. The SMILES string of the molecule is CCCN(CC(=O)OC)C(=O)C=C(C)C. The molecule has 0 aromatic heterocycles. The molecule has 0 saturated carbocycles. The number of allylic oxidation sites excluding steroid dienone is 1. The first-order chi connectivity index (χ1) is 7.01. The Morgan fingerprint density at radius 2 is 1.93 bits per heavy atom. The Balaban J connectivity index is 4.44. The lowest BCUT2D eigenvalue weighted by Crippen LogP contribution is -2.35. The quantitative estimate of drug-likeness (QED) is 0.512. The van der Waals surface area contributed by atoms with Gasteiger partial charge in [0.25, 0.3) is 0 Å². The van der Waals surface area contributed by atoms with Crippen molar-refractivity contribution in [2.24, 2.45) is 0 Å². The molecule has 0 N–H and O–H groups in total. The van der Waals surface area contributed by atoms with Crippen molar-refractivity contribution in [2.75, 3.05) is 20.2 Å². The van der Waals surface area contributed by atoms with E-state index in [1.165, 1.54) is 18.1 Å². The first-order valence-electron chi connectivity index (χ1n) is 5.01. The van der Waals surface area contributed by atoms with Crippen LogP contribution in [0, 0.1) is 0 Å². The van der Waals surface area contributed by atoms with Crippen molar-refractivity contribution in [3.8, 4) is 0 Å². The van der Waals surface area contributed by atoms with Crippen LogP contribution in [0.1, 0.15) is 27.2 Å². The molecule has 0 bridgehead atoms. The van der Waals surface area contributed by atoms with E-state index in [2.05, 4.69) is 4.74 Å². The molecule has 1 amide bonds. The zero-order valence-electron chi connectivity index (χ0n) is 9.87. The van der Waals surface area contributed by atoms with E-state index in [4.69, 9.17) is 0 Å². The van der Waals surface area contributed by atoms with Gasteiger partial charge in [0.05, 0.1) is 7.11 Å². The summed E-state index contributed by atoms with van der Waals surface area (Å²) in [6, 6.07) is 0. The lowest BCUT2D eigenvalue weighted by molar-refractivity contribution is -0.145. The summed E-state index contributed by atoms with van der Waals surface area (Å²) in [7, 11) is 1.32. The lowest BCUT2D eigenvalue weighted by Gasteiger charge is -2.19. The molecule has 0 fully saturated rings. The number of methoxy groups -OCH3 is 1. The first-order valence-corrected chi connectivity index (χ1v) is 5.01. The van der Waals surface area contributed by atoms with Gasteiger partial charge in [0.1, 0.15) is 6.54 Å². The van der Waals surface area contributed by atoms with Gasteiger partial charge < -0.3 is 9.64 Å². The zero-order valence-corrected chi connectivity index (χ0v) is 9.87. The van der Waals surface area contributed by atoms with Crippen molar-refractivity contribution in [1.82, 2.24) is 4.90 Å². The topological polar surface area (TPSA) is 46.6 Å². The van der Waals surface area contributed by atoms with Crippen LogP contribution in [0.2, 0.25) is 0 Å². The first kappa shape index (κ1) is 13.7. The highest BCUT2D eigenvalue weighted by molar-refractivity contribution is 5.90. The predicted molar refractivity (Wildman–Crippen MR) is 58.3 cm³/mol. The van der Waals surface area contributed by atoms with E-state index in [1.54, 1.807) is 0 Å². The molecule has 0 aliphatic heterocycles. The molecule has 86 valence electrons. The molecule has 4 heteroatoms. The Hall–Kier alpha value is -1.32. The van der Waals surface area contributed by atoms with Crippen molar-refractivity contribution >= 4 is 11.9 Å². The maximum atomic E-state index is 11.6. The minimum atomic E-state index is -0.390. The second-order valence-electron chi connectivity index (χ2n) is 3.56. The second kappa shape index (κ2) is 7.04. The minimum Gasteiger partial charge on any atom is -0.468 e. The highest BCUT2D eigenvalue weighted by Gasteiger charge is 2.14. The number of carbonyl (C=O) groups is 2. The third kappa shape index (κ3) is 5.88. The van der Waals surface area contributed by atoms with Crippen LogP contribution in [0.25, 0.3) is 0 Å². The normalized spacial score (nSPS) is 9.33. The van der Waals surface area contributed by atoms with Gasteiger partial charge in [-0.1, -0.05) is 12.5 Å². The summed E-state index contributed by atoms with van der Waals surface area (Å²) in [5.74, 6) is -0.527. The van der Waals surface area contributed by atoms with E-state index in [0.29, 0.717) is 6.54 Å². The van der Waals surface area contributed by atoms with Crippen molar-refractivity contribution < 1.29 is 14.3 Å². The Morgan fingerprint density at radius 3 is 2.33 bits per heavy atom. The Bertz CT molecular complexity index is 255. The van der Waals surface area contributed by atoms with Crippen LogP contribution < -0.4 is 0 Å². The van der Waals surface area contributed by atoms with Crippen LogP contribution in [0.3, 0.4) is 0 Å². The van der Waals surface area contributed by atoms with Gasteiger partial charge >= 0.3 is 5.97 Å². The Morgan fingerprint density at radius 1 is 1.33 bits per heavy atom. The van der Waals surface area contributed by atoms with Crippen LogP contribution in [0.5, 0.6) is 0 Å². The number of ether oxygens (including phenoxy) is 1. The summed E-state index contributed by atoms with van der Waals surface area (Å²) in [5, 5.41) is 0. The number of nitrogens with zero attached hydrogens (tertiary/aromatic N) is 1. The van der Waals surface area contributed by atoms with Crippen LogP contribution >= 0.6 is 0 Å². The zero-order chi connectivity index (χ0) is 11.8. The van der Waals surface area contributed by atoms with E-state index < -0.39 is 0 Å². The van der Waals surface area contributed by atoms with Crippen molar-refractivity contribution in [1.29, 1.82) is 0 Å². The van der Waals surface area contributed by atoms with Crippen molar-refractivity contribution in [2.45, 2.75) is 27.2 Å². The fourth-order valence-electron chi connectivity index (χ4n) is 1.10. The molecule has 0 aromatic carbocycles. The van der Waals surface area contributed by atoms with Gasteiger partial charge in [-0.05, 0) is 20.3 Å². The predicted octanol–water partition coefficient (Wildman–Crippen LogP) is 1.36. The summed E-state index contributed by atoms with van der Waals surface area (Å²) < 4.78 is 4.53.